The fraction of sp³-hybridized carbons (Fsp3) is 0.929. The standard InChI is InChI=1S/C28H47NO3/c1-6-29(7-2)25(32)11-8-18(3)21-9-10-22-26-23(13-15-28(21,22)5)27(4)14-12-20(30)16-19(27)17-24(26)31/h18-19,21-24,26,31H,6-17H2,1-5H3/t18-,19?,21?,22?,23?,24-,26?,27+,28-/m1/s1. The summed E-state index contributed by atoms with van der Waals surface area (Å²) in [5.74, 6) is 3.87. The zero-order valence-corrected chi connectivity index (χ0v) is 21.2. The Kier molecular flexibility index (Phi) is 6.85. The van der Waals surface area contributed by atoms with Gasteiger partial charge in [0.1, 0.15) is 5.78 Å². The third kappa shape index (κ3) is 3.87. The normalized spacial score (nSPS) is 44.4. The molecule has 4 fully saturated rings. The Morgan fingerprint density at radius 2 is 1.78 bits per heavy atom. The molecule has 1 amide bonds. The summed E-state index contributed by atoms with van der Waals surface area (Å²) in [6, 6.07) is 0. The molecule has 0 bridgehead atoms. The summed E-state index contributed by atoms with van der Waals surface area (Å²) < 4.78 is 0. The van der Waals surface area contributed by atoms with Crippen molar-refractivity contribution in [2.24, 2.45) is 46.3 Å². The summed E-state index contributed by atoms with van der Waals surface area (Å²) in [5, 5.41) is 11.4. The zero-order valence-electron chi connectivity index (χ0n) is 21.2. The molecule has 0 aromatic carbocycles. The number of Topliss-reactive ketones (excluding diaryl/α,β-unsaturated/α-hetero) is 1. The molecule has 9 atom stereocenters. The molecule has 5 unspecified atom stereocenters. The summed E-state index contributed by atoms with van der Waals surface area (Å²) in [4.78, 5) is 26.7. The van der Waals surface area contributed by atoms with Crippen LogP contribution in [-0.4, -0.2) is 40.9 Å². The van der Waals surface area contributed by atoms with Crippen molar-refractivity contribution >= 4 is 11.7 Å². The van der Waals surface area contributed by atoms with Crippen molar-refractivity contribution in [2.45, 2.75) is 105 Å². The molecule has 4 aliphatic carbocycles. The second-order valence-electron chi connectivity index (χ2n) is 12.3. The molecule has 0 heterocycles. The van der Waals surface area contributed by atoms with Crippen molar-refractivity contribution in [1.29, 1.82) is 0 Å². The number of aliphatic hydroxyl groups excluding tert-OH is 1. The molecule has 0 aliphatic heterocycles. The molecule has 0 aromatic heterocycles. The Morgan fingerprint density at radius 3 is 2.47 bits per heavy atom. The first-order valence-electron chi connectivity index (χ1n) is 13.6. The van der Waals surface area contributed by atoms with Gasteiger partial charge >= 0.3 is 0 Å². The van der Waals surface area contributed by atoms with Crippen LogP contribution in [0.3, 0.4) is 0 Å². The van der Waals surface area contributed by atoms with Crippen LogP contribution >= 0.6 is 0 Å². The molecule has 0 aromatic rings. The van der Waals surface area contributed by atoms with E-state index in [-0.39, 0.29) is 16.9 Å². The number of nitrogens with zero attached hydrogens (tertiary/aromatic N) is 1. The third-order valence-electron chi connectivity index (χ3n) is 11.2. The fourth-order valence-corrected chi connectivity index (χ4v) is 9.28. The van der Waals surface area contributed by atoms with Crippen molar-refractivity contribution in [3.63, 3.8) is 0 Å². The molecule has 4 nitrogen and oxygen atoms in total. The molecule has 4 aliphatic rings. The topological polar surface area (TPSA) is 57.6 Å². The smallest absolute Gasteiger partial charge is 0.222 e. The minimum Gasteiger partial charge on any atom is -0.393 e. The van der Waals surface area contributed by atoms with Gasteiger partial charge < -0.3 is 10.0 Å². The van der Waals surface area contributed by atoms with Crippen LogP contribution in [0.4, 0.5) is 0 Å². The largest absolute Gasteiger partial charge is 0.393 e. The van der Waals surface area contributed by atoms with Crippen LogP contribution < -0.4 is 0 Å². The van der Waals surface area contributed by atoms with Crippen LogP contribution in [0, 0.1) is 46.3 Å². The molecule has 4 saturated carbocycles. The SMILES string of the molecule is CCN(CC)C(=O)CC[C@@H](C)C1CCC2C3C(CC[C@@]21C)[C@@]1(C)CCC(=O)CC1C[C@H]3O. The minimum atomic E-state index is -0.244. The molecule has 182 valence electrons. The fourth-order valence-electron chi connectivity index (χ4n) is 9.28. The number of amides is 1. The molecule has 32 heavy (non-hydrogen) atoms. The van der Waals surface area contributed by atoms with E-state index >= 15 is 0 Å². The van der Waals surface area contributed by atoms with Gasteiger partial charge in [-0.2, -0.15) is 0 Å². The Morgan fingerprint density at radius 1 is 1.09 bits per heavy atom. The molecular formula is C28H47NO3. The number of rotatable bonds is 6. The van der Waals surface area contributed by atoms with E-state index in [1.54, 1.807) is 0 Å². The van der Waals surface area contributed by atoms with Gasteiger partial charge in [0, 0.05) is 32.4 Å². The molecule has 0 spiro atoms. The monoisotopic (exact) mass is 445 g/mol. The number of hydrogen-bond acceptors (Lipinski definition) is 3. The van der Waals surface area contributed by atoms with Gasteiger partial charge in [0.05, 0.1) is 6.10 Å². The van der Waals surface area contributed by atoms with E-state index in [2.05, 4.69) is 34.6 Å². The number of carbonyl (C=O) groups excluding carboxylic acids is 2. The minimum absolute atomic E-state index is 0.235. The van der Waals surface area contributed by atoms with Gasteiger partial charge in [0.25, 0.3) is 0 Å². The van der Waals surface area contributed by atoms with Gasteiger partial charge in [0.2, 0.25) is 5.91 Å². The predicted molar refractivity (Wildman–Crippen MR) is 128 cm³/mol. The summed E-state index contributed by atoms with van der Waals surface area (Å²) in [6.45, 7) is 13.1. The highest BCUT2D eigenvalue weighted by Crippen LogP contribution is 2.68. The van der Waals surface area contributed by atoms with Crippen LogP contribution in [0.5, 0.6) is 0 Å². The van der Waals surface area contributed by atoms with E-state index in [0.29, 0.717) is 60.0 Å². The lowest BCUT2D eigenvalue weighted by Crippen LogP contribution is -2.58. The van der Waals surface area contributed by atoms with Crippen LogP contribution in [0.25, 0.3) is 0 Å². The molecule has 4 rings (SSSR count). The van der Waals surface area contributed by atoms with Crippen LogP contribution in [-0.2, 0) is 9.59 Å². The van der Waals surface area contributed by atoms with Crippen molar-refractivity contribution in [3.05, 3.63) is 0 Å². The number of hydrogen-bond donors (Lipinski definition) is 1. The average Bonchev–Trinajstić information content (AvgIpc) is 3.11. The van der Waals surface area contributed by atoms with E-state index in [1.165, 1.54) is 25.7 Å². The van der Waals surface area contributed by atoms with Gasteiger partial charge in [-0.25, -0.2) is 0 Å². The number of aliphatic hydroxyl groups is 1. The highest BCUT2D eigenvalue weighted by Gasteiger charge is 2.62. The van der Waals surface area contributed by atoms with Crippen molar-refractivity contribution in [2.75, 3.05) is 13.1 Å². The first-order chi connectivity index (χ1) is 15.2. The molecular weight excluding hydrogens is 398 g/mol. The Labute approximate surface area is 195 Å². The van der Waals surface area contributed by atoms with Gasteiger partial charge in [0.15, 0.2) is 0 Å². The zero-order chi connectivity index (χ0) is 23.3. The summed E-state index contributed by atoms with van der Waals surface area (Å²) in [5.41, 5.74) is 0.520. The maximum absolute atomic E-state index is 12.6. The Hall–Kier alpha value is -0.900. The molecule has 0 radical (unpaired) electrons. The first kappa shape index (κ1) is 24.2. The summed E-state index contributed by atoms with van der Waals surface area (Å²) in [6.07, 6.45) is 9.64. The van der Waals surface area contributed by atoms with Gasteiger partial charge in [-0.1, -0.05) is 20.8 Å². The average molecular weight is 446 g/mol. The Balaban J connectivity index is 1.47. The summed E-state index contributed by atoms with van der Waals surface area (Å²) >= 11 is 0. The lowest BCUT2D eigenvalue weighted by atomic mass is 9.44. The highest BCUT2D eigenvalue weighted by molar-refractivity contribution is 5.79. The number of fused-ring (bicyclic) bond motifs is 5. The number of ketones is 1. The van der Waals surface area contributed by atoms with Gasteiger partial charge in [-0.15, -0.1) is 0 Å². The van der Waals surface area contributed by atoms with Crippen LogP contribution in [0.2, 0.25) is 0 Å². The van der Waals surface area contributed by atoms with E-state index in [1.807, 2.05) is 4.90 Å². The molecule has 4 heteroatoms. The third-order valence-corrected chi connectivity index (χ3v) is 11.2. The van der Waals surface area contributed by atoms with Crippen LogP contribution in [0.1, 0.15) is 98.8 Å². The van der Waals surface area contributed by atoms with Crippen molar-refractivity contribution < 1.29 is 14.7 Å². The van der Waals surface area contributed by atoms with E-state index in [9.17, 15) is 14.7 Å². The predicted octanol–water partition coefficient (Wildman–Crippen LogP) is 5.47. The first-order valence-corrected chi connectivity index (χ1v) is 13.6. The van der Waals surface area contributed by atoms with E-state index in [0.717, 1.165) is 38.8 Å². The van der Waals surface area contributed by atoms with Gasteiger partial charge in [-0.3, -0.25) is 9.59 Å². The quantitative estimate of drug-likeness (QED) is 0.590. The molecule has 0 saturated heterocycles. The van der Waals surface area contributed by atoms with E-state index < -0.39 is 0 Å². The maximum Gasteiger partial charge on any atom is 0.222 e. The maximum atomic E-state index is 12.6. The van der Waals surface area contributed by atoms with Gasteiger partial charge in [-0.05, 0) is 105 Å². The van der Waals surface area contributed by atoms with E-state index in [4.69, 9.17) is 0 Å². The van der Waals surface area contributed by atoms with Crippen molar-refractivity contribution in [3.8, 4) is 0 Å². The Bertz CT molecular complexity index is 717. The second kappa shape index (κ2) is 9.04. The van der Waals surface area contributed by atoms with Crippen LogP contribution in [0.15, 0.2) is 0 Å². The lowest BCUT2D eigenvalue weighted by molar-refractivity contribution is -0.168. The lowest BCUT2D eigenvalue weighted by Gasteiger charge is -2.62. The number of carbonyl (C=O) groups is 2. The summed E-state index contributed by atoms with van der Waals surface area (Å²) in [7, 11) is 0. The second-order valence-corrected chi connectivity index (χ2v) is 12.3. The molecule has 1 N–H and O–H groups in total. The highest BCUT2D eigenvalue weighted by atomic mass is 16.3. The van der Waals surface area contributed by atoms with Crippen molar-refractivity contribution in [1.82, 2.24) is 4.90 Å².